The van der Waals surface area contributed by atoms with Crippen molar-refractivity contribution in [3.63, 3.8) is 0 Å². The largest absolute Gasteiger partial charge is 0.476 e. The minimum absolute atomic E-state index is 0.0854. The number of rotatable bonds is 8. The second-order valence-electron chi connectivity index (χ2n) is 9.49. The van der Waals surface area contributed by atoms with Crippen LogP contribution in [0.5, 0.6) is 5.75 Å². The Bertz CT molecular complexity index is 1650. The Balaban J connectivity index is 1.44. The molecular weight excluding hydrogens is 578 g/mol. The summed E-state index contributed by atoms with van der Waals surface area (Å²) >= 11 is 3.33. The summed E-state index contributed by atoms with van der Waals surface area (Å²) in [6.07, 6.45) is 6.50. The molecule has 0 aliphatic heterocycles. The molecule has 1 aliphatic rings. The summed E-state index contributed by atoms with van der Waals surface area (Å²) in [5.74, 6) is 0.147. The highest BCUT2D eigenvalue weighted by Gasteiger charge is 2.23. The number of hydrogen-bond donors (Lipinski definition) is 1. The number of aromatic nitrogens is 2. The predicted octanol–water partition coefficient (Wildman–Crippen LogP) is 6.01. The SMILES string of the molecule is O=C(COc1c(Br)cc(C=Nn2c(C3CCCCC3)nc3ccccc3c2=O)cc1[N+](=O)[O-])Nc1ccccc1. The van der Waals surface area contributed by atoms with E-state index in [1.165, 1.54) is 17.0 Å². The average molecular weight is 604 g/mol. The van der Waals surface area contributed by atoms with Crippen molar-refractivity contribution >= 4 is 50.3 Å². The van der Waals surface area contributed by atoms with Crippen LogP contribution in [-0.4, -0.2) is 33.3 Å². The lowest BCUT2D eigenvalue weighted by atomic mass is 9.88. The topological polar surface area (TPSA) is 129 Å². The summed E-state index contributed by atoms with van der Waals surface area (Å²) in [5, 5.41) is 19.5. The van der Waals surface area contributed by atoms with Crippen molar-refractivity contribution in [3.05, 3.63) is 103 Å². The number of nitrogens with one attached hydrogen (secondary N) is 1. The molecule has 1 amide bonds. The van der Waals surface area contributed by atoms with Crippen LogP contribution in [0.1, 0.15) is 49.4 Å². The molecule has 1 aliphatic carbocycles. The Morgan fingerprint density at radius 1 is 1.12 bits per heavy atom. The minimum Gasteiger partial charge on any atom is -0.476 e. The fraction of sp³-hybridized carbons (Fsp3) is 0.241. The van der Waals surface area contributed by atoms with Gasteiger partial charge in [0.1, 0.15) is 5.82 Å². The van der Waals surface area contributed by atoms with Crippen LogP contribution < -0.4 is 15.6 Å². The fourth-order valence-corrected chi connectivity index (χ4v) is 5.39. The van der Waals surface area contributed by atoms with E-state index >= 15 is 0 Å². The van der Waals surface area contributed by atoms with Gasteiger partial charge in [-0.15, -0.1) is 0 Å². The van der Waals surface area contributed by atoms with Crippen molar-refractivity contribution in [2.75, 3.05) is 11.9 Å². The van der Waals surface area contributed by atoms with E-state index in [1.807, 2.05) is 18.2 Å². The number of halogens is 1. The lowest BCUT2D eigenvalue weighted by Crippen LogP contribution is -2.25. The number of anilines is 1. The van der Waals surface area contributed by atoms with Gasteiger partial charge in [0.05, 0.1) is 26.5 Å². The molecule has 0 unspecified atom stereocenters. The van der Waals surface area contributed by atoms with Gasteiger partial charge in [0.25, 0.3) is 11.5 Å². The molecule has 0 atom stereocenters. The Morgan fingerprint density at radius 3 is 2.60 bits per heavy atom. The minimum atomic E-state index is -0.594. The number of carbonyl (C=O) groups is 1. The van der Waals surface area contributed by atoms with Crippen LogP contribution in [0.3, 0.4) is 0 Å². The Morgan fingerprint density at radius 2 is 1.85 bits per heavy atom. The first-order valence-electron chi connectivity index (χ1n) is 12.9. The molecule has 1 heterocycles. The summed E-state index contributed by atoms with van der Waals surface area (Å²) in [5.41, 5.74) is 0.937. The maximum atomic E-state index is 13.4. The Labute approximate surface area is 238 Å². The monoisotopic (exact) mass is 603 g/mol. The zero-order valence-electron chi connectivity index (χ0n) is 21.5. The number of ether oxygens (including phenoxy) is 1. The first-order valence-corrected chi connectivity index (χ1v) is 13.7. The molecule has 1 N–H and O–H groups in total. The number of nitrogens with zero attached hydrogens (tertiary/aromatic N) is 4. The standard InChI is InChI=1S/C29H26BrN5O5/c30-23-15-19(16-25(35(38)39)27(23)40-18-26(36)32-21-11-5-2-6-12-21)17-31-34-28(20-9-3-1-4-10-20)33-24-14-8-7-13-22(24)29(34)37/h2,5-8,11-17,20H,1,3-4,9-10,18H2,(H,32,36). The van der Waals surface area contributed by atoms with Crippen molar-refractivity contribution < 1.29 is 14.5 Å². The fourth-order valence-electron chi connectivity index (χ4n) is 4.81. The highest BCUT2D eigenvalue weighted by Crippen LogP contribution is 2.36. The lowest BCUT2D eigenvalue weighted by molar-refractivity contribution is -0.385. The van der Waals surface area contributed by atoms with Gasteiger partial charge in [0.15, 0.2) is 6.61 Å². The van der Waals surface area contributed by atoms with Crippen molar-refractivity contribution in [1.29, 1.82) is 0 Å². The predicted molar refractivity (Wildman–Crippen MR) is 156 cm³/mol. The second-order valence-corrected chi connectivity index (χ2v) is 10.3. The molecule has 40 heavy (non-hydrogen) atoms. The van der Waals surface area contributed by atoms with Gasteiger partial charge in [-0.3, -0.25) is 19.7 Å². The van der Waals surface area contributed by atoms with Crippen molar-refractivity contribution in [2.24, 2.45) is 5.10 Å². The van der Waals surface area contributed by atoms with Crippen molar-refractivity contribution in [1.82, 2.24) is 9.66 Å². The lowest BCUT2D eigenvalue weighted by Gasteiger charge is -2.22. The number of nitro groups is 1. The smallest absolute Gasteiger partial charge is 0.312 e. The molecule has 1 aromatic heterocycles. The van der Waals surface area contributed by atoms with E-state index in [4.69, 9.17) is 9.72 Å². The van der Waals surface area contributed by atoms with Crippen LogP contribution in [0.25, 0.3) is 10.9 Å². The molecule has 3 aromatic carbocycles. The maximum Gasteiger partial charge on any atom is 0.312 e. The number of carbonyl (C=O) groups excluding carboxylic acids is 1. The van der Waals surface area contributed by atoms with Gasteiger partial charge in [-0.2, -0.15) is 9.78 Å². The molecule has 0 bridgehead atoms. The zero-order valence-corrected chi connectivity index (χ0v) is 23.0. The van der Waals surface area contributed by atoms with Crippen molar-refractivity contribution in [2.45, 2.75) is 38.0 Å². The highest BCUT2D eigenvalue weighted by molar-refractivity contribution is 9.10. The molecule has 5 rings (SSSR count). The molecular formula is C29H26BrN5O5. The maximum absolute atomic E-state index is 13.4. The Hall–Kier alpha value is -4.38. The summed E-state index contributed by atoms with van der Waals surface area (Å²) in [4.78, 5) is 41.8. The first-order chi connectivity index (χ1) is 19.4. The van der Waals surface area contributed by atoms with Gasteiger partial charge in [-0.05, 0) is 59.1 Å². The number of nitro benzene ring substituents is 1. The summed E-state index contributed by atoms with van der Waals surface area (Å²) in [7, 11) is 0. The molecule has 11 heteroatoms. The van der Waals surface area contributed by atoms with Gasteiger partial charge in [0, 0.05) is 23.2 Å². The number of fused-ring (bicyclic) bond motifs is 1. The van der Waals surface area contributed by atoms with E-state index in [0.29, 0.717) is 28.0 Å². The third-order valence-electron chi connectivity index (χ3n) is 6.72. The third kappa shape index (κ3) is 6.09. The molecule has 10 nitrogen and oxygen atoms in total. The van der Waals surface area contributed by atoms with Crippen LogP contribution >= 0.6 is 15.9 Å². The van der Waals surface area contributed by atoms with Crippen LogP contribution in [0.2, 0.25) is 0 Å². The number of amides is 1. The third-order valence-corrected chi connectivity index (χ3v) is 7.31. The normalized spacial score (nSPS) is 13.9. The molecule has 0 saturated heterocycles. The molecule has 1 fully saturated rings. The van der Waals surface area contributed by atoms with E-state index in [2.05, 4.69) is 26.3 Å². The van der Waals surface area contributed by atoms with Crippen molar-refractivity contribution in [3.8, 4) is 5.75 Å². The van der Waals surface area contributed by atoms with Crippen LogP contribution in [-0.2, 0) is 4.79 Å². The van der Waals surface area contributed by atoms with Crippen LogP contribution in [0, 0.1) is 10.1 Å². The molecule has 1 saturated carbocycles. The van der Waals surface area contributed by atoms with Gasteiger partial charge < -0.3 is 10.1 Å². The van der Waals surface area contributed by atoms with Gasteiger partial charge >= 0.3 is 5.69 Å². The molecule has 204 valence electrons. The second kappa shape index (κ2) is 12.2. The first kappa shape index (κ1) is 27.2. The number of para-hydroxylation sites is 2. The quantitative estimate of drug-likeness (QED) is 0.149. The number of hydrogen-bond acceptors (Lipinski definition) is 7. The van der Waals surface area contributed by atoms with Crippen LogP contribution in [0.4, 0.5) is 11.4 Å². The number of benzene rings is 3. The van der Waals surface area contributed by atoms with Gasteiger partial charge in [0.2, 0.25) is 5.75 Å². The molecule has 4 aromatic rings. The molecule has 0 spiro atoms. The van der Waals surface area contributed by atoms with E-state index in [-0.39, 0.29) is 27.4 Å². The van der Waals surface area contributed by atoms with Gasteiger partial charge in [-0.25, -0.2) is 4.98 Å². The zero-order chi connectivity index (χ0) is 28.1. The average Bonchev–Trinajstić information content (AvgIpc) is 2.96. The van der Waals surface area contributed by atoms with E-state index < -0.39 is 17.4 Å². The highest BCUT2D eigenvalue weighted by atomic mass is 79.9. The van der Waals surface area contributed by atoms with E-state index in [1.54, 1.807) is 42.5 Å². The van der Waals surface area contributed by atoms with E-state index in [0.717, 1.165) is 32.1 Å². The van der Waals surface area contributed by atoms with E-state index in [9.17, 15) is 19.7 Å². The van der Waals surface area contributed by atoms with Crippen LogP contribution in [0.15, 0.2) is 81.1 Å². The summed E-state index contributed by atoms with van der Waals surface area (Å²) in [6, 6.07) is 18.8. The molecule has 0 radical (unpaired) electrons. The Kier molecular flexibility index (Phi) is 8.30. The summed E-state index contributed by atoms with van der Waals surface area (Å²) < 4.78 is 7.12. The summed E-state index contributed by atoms with van der Waals surface area (Å²) in [6.45, 7) is -0.426. The van der Waals surface area contributed by atoms with Gasteiger partial charge in [-0.1, -0.05) is 49.6 Å².